The van der Waals surface area contributed by atoms with Crippen LogP contribution in [-0.4, -0.2) is 24.0 Å². The second kappa shape index (κ2) is 7.29. The maximum Gasteiger partial charge on any atom is 0.254 e. The second-order valence-corrected chi connectivity index (χ2v) is 4.41. The van der Waals surface area contributed by atoms with Crippen LogP contribution < -0.4 is 5.32 Å². The van der Waals surface area contributed by atoms with Gasteiger partial charge in [-0.2, -0.15) is 0 Å². The van der Waals surface area contributed by atoms with E-state index < -0.39 is 0 Å². The summed E-state index contributed by atoms with van der Waals surface area (Å²) in [5.74, 6) is -0.248. The zero-order valence-corrected chi connectivity index (χ0v) is 11.4. The van der Waals surface area contributed by atoms with Gasteiger partial charge >= 0.3 is 0 Å². The number of hydrogen-bond donors (Lipinski definition) is 1. The summed E-state index contributed by atoms with van der Waals surface area (Å²) in [5.41, 5.74) is 0.352. The van der Waals surface area contributed by atoms with Gasteiger partial charge in [-0.05, 0) is 28.4 Å². The molecule has 0 saturated carbocycles. The molecule has 0 fully saturated rings. The molecule has 0 radical (unpaired) electrons. The van der Waals surface area contributed by atoms with Crippen LogP contribution in [0.15, 0.2) is 29.6 Å². The summed E-state index contributed by atoms with van der Waals surface area (Å²) in [6.45, 7) is 4.45. The molecule has 1 N–H and O–H groups in total. The van der Waals surface area contributed by atoms with E-state index in [1.54, 1.807) is 6.07 Å². The molecular weight excluding hydrogens is 307 g/mol. The monoisotopic (exact) mass is 318 g/mol. The third-order valence-corrected chi connectivity index (χ3v) is 2.63. The molecular formula is C11H12BrClN2O2. The van der Waals surface area contributed by atoms with E-state index >= 15 is 0 Å². The molecule has 0 aliphatic heterocycles. The van der Waals surface area contributed by atoms with Crippen molar-refractivity contribution in [3.05, 3.63) is 40.3 Å². The highest BCUT2D eigenvalue weighted by Gasteiger charge is 2.11. The minimum absolute atomic E-state index is 0.188. The van der Waals surface area contributed by atoms with E-state index in [9.17, 15) is 4.79 Å². The number of pyridine rings is 1. The van der Waals surface area contributed by atoms with Crippen LogP contribution in [0.4, 0.5) is 0 Å². The first-order valence-corrected chi connectivity index (χ1v) is 6.14. The van der Waals surface area contributed by atoms with Crippen LogP contribution in [0.1, 0.15) is 16.8 Å². The van der Waals surface area contributed by atoms with Crippen LogP contribution in [0.2, 0.25) is 5.15 Å². The van der Waals surface area contributed by atoms with Crippen LogP contribution in [0, 0.1) is 0 Å². The van der Waals surface area contributed by atoms with Gasteiger partial charge in [-0.3, -0.25) is 4.79 Å². The number of rotatable bonds is 6. The average molecular weight is 320 g/mol. The SMILES string of the molecule is C=COCCCNC(=O)c1cc(Br)cnc1Cl. The Morgan fingerprint density at radius 2 is 2.47 bits per heavy atom. The molecule has 0 bridgehead atoms. The van der Waals surface area contributed by atoms with Crippen LogP contribution in [0.25, 0.3) is 0 Å². The molecule has 0 unspecified atom stereocenters. The summed E-state index contributed by atoms with van der Waals surface area (Å²) >= 11 is 9.06. The van der Waals surface area contributed by atoms with Gasteiger partial charge in [-0.15, -0.1) is 0 Å². The number of aromatic nitrogens is 1. The number of hydrogen-bond acceptors (Lipinski definition) is 3. The number of nitrogens with zero attached hydrogens (tertiary/aromatic N) is 1. The van der Waals surface area contributed by atoms with Gasteiger partial charge in [-0.1, -0.05) is 18.2 Å². The zero-order valence-electron chi connectivity index (χ0n) is 9.08. The van der Waals surface area contributed by atoms with Crippen LogP contribution in [-0.2, 0) is 4.74 Å². The van der Waals surface area contributed by atoms with E-state index in [2.05, 4.69) is 32.8 Å². The Balaban J connectivity index is 2.46. The molecule has 4 nitrogen and oxygen atoms in total. The van der Waals surface area contributed by atoms with Gasteiger partial charge in [0.1, 0.15) is 5.15 Å². The van der Waals surface area contributed by atoms with Gasteiger partial charge in [-0.25, -0.2) is 4.98 Å². The van der Waals surface area contributed by atoms with Crippen molar-refractivity contribution < 1.29 is 9.53 Å². The van der Waals surface area contributed by atoms with E-state index in [0.717, 1.165) is 0 Å². The quantitative estimate of drug-likeness (QED) is 0.498. The molecule has 0 atom stereocenters. The molecule has 1 heterocycles. The lowest BCUT2D eigenvalue weighted by atomic mass is 10.2. The standard InChI is InChI=1S/C11H12BrClN2O2/c1-2-17-5-3-4-14-11(16)9-6-8(12)7-15-10(9)13/h2,6-7H,1,3-5H2,(H,14,16). The summed E-state index contributed by atoms with van der Waals surface area (Å²) in [7, 11) is 0. The lowest BCUT2D eigenvalue weighted by Crippen LogP contribution is -2.25. The average Bonchev–Trinajstić information content (AvgIpc) is 2.32. The number of nitrogens with one attached hydrogen (secondary N) is 1. The molecule has 0 aliphatic carbocycles. The Morgan fingerprint density at radius 1 is 1.71 bits per heavy atom. The molecule has 1 aromatic rings. The molecule has 6 heteroatoms. The van der Waals surface area contributed by atoms with E-state index in [1.807, 2.05) is 0 Å². The minimum atomic E-state index is -0.248. The van der Waals surface area contributed by atoms with E-state index in [4.69, 9.17) is 16.3 Å². The summed E-state index contributed by atoms with van der Waals surface area (Å²) < 4.78 is 5.64. The maximum absolute atomic E-state index is 11.7. The Labute approximate surface area is 113 Å². The van der Waals surface area contributed by atoms with Crippen molar-refractivity contribution >= 4 is 33.4 Å². The highest BCUT2D eigenvalue weighted by molar-refractivity contribution is 9.10. The van der Waals surface area contributed by atoms with Crippen molar-refractivity contribution in [3.63, 3.8) is 0 Å². The van der Waals surface area contributed by atoms with E-state index in [0.29, 0.717) is 29.6 Å². The van der Waals surface area contributed by atoms with Crippen LogP contribution >= 0.6 is 27.5 Å². The van der Waals surface area contributed by atoms with Crippen molar-refractivity contribution in [1.29, 1.82) is 0 Å². The normalized spacial score (nSPS) is 9.76. The molecule has 0 aromatic carbocycles. The number of carbonyl (C=O) groups excluding carboxylic acids is 1. The first-order valence-electron chi connectivity index (χ1n) is 4.97. The van der Waals surface area contributed by atoms with Gasteiger partial charge in [0.05, 0.1) is 18.4 Å². The molecule has 0 aliphatic rings. The van der Waals surface area contributed by atoms with Crippen LogP contribution in [0.3, 0.4) is 0 Å². The van der Waals surface area contributed by atoms with Crippen molar-refractivity contribution in [1.82, 2.24) is 10.3 Å². The van der Waals surface area contributed by atoms with Gasteiger partial charge in [0.25, 0.3) is 5.91 Å². The topological polar surface area (TPSA) is 51.2 Å². The second-order valence-electron chi connectivity index (χ2n) is 3.14. The molecule has 92 valence electrons. The lowest BCUT2D eigenvalue weighted by Gasteiger charge is -2.06. The molecule has 17 heavy (non-hydrogen) atoms. The number of carbonyl (C=O) groups is 1. The summed E-state index contributed by atoms with van der Waals surface area (Å²) in [4.78, 5) is 15.6. The van der Waals surface area contributed by atoms with Gasteiger partial charge in [0, 0.05) is 17.2 Å². The predicted octanol–water partition coefficient (Wildman–Crippen LogP) is 2.78. The first kappa shape index (κ1) is 14.0. The molecule has 0 saturated heterocycles. The molecule has 1 amide bonds. The third kappa shape index (κ3) is 4.75. The number of amides is 1. The number of halogens is 2. The Kier molecular flexibility index (Phi) is 6.00. The Morgan fingerprint density at radius 3 is 3.18 bits per heavy atom. The lowest BCUT2D eigenvalue weighted by molar-refractivity contribution is 0.0950. The molecule has 0 spiro atoms. The van der Waals surface area contributed by atoms with E-state index in [1.165, 1.54) is 12.5 Å². The Bertz CT molecular complexity index is 412. The molecule has 1 aromatic heterocycles. The summed E-state index contributed by atoms with van der Waals surface area (Å²) in [6, 6.07) is 1.63. The fourth-order valence-corrected chi connectivity index (χ4v) is 1.64. The van der Waals surface area contributed by atoms with Crippen LogP contribution in [0.5, 0.6) is 0 Å². The maximum atomic E-state index is 11.7. The fourth-order valence-electron chi connectivity index (χ4n) is 1.12. The van der Waals surface area contributed by atoms with Crippen molar-refractivity contribution in [2.45, 2.75) is 6.42 Å². The largest absolute Gasteiger partial charge is 0.502 e. The van der Waals surface area contributed by atoms with Crippen molar-refractivity contribution in [3.8, 4) is 0 Å². The summed E-state index contributed by atoms with van der Waals surface area (Å²) in [6.07, 6.45) is 3.62. The number of ether oxygens (including phenoxy) is 1. The Hall–Kier alpha value is -1.07. The van der Waals surface area contributed by atoms with Crippen molar-refractivity contribution in [2.75, 3.05) is 13.2 Å². The van der Waals surface area contributed by atoms with Crippen molar-refractivity contribution in [2.24, 2.45) is 0 Å². The highest BCUT2D eigenvalue weighted by Crippen LogP contribution is 2.17. The fraction of sp³-hybridized carbons (Fsp3) is 0.273. The van der Waals surface area contributed by atoms with E-state index in [-0.39, 0.29) is 11.1 Å². The van der Waals surface area contributed by atoms with Gasteiger partial charge in [0.2, 0.25) is 0 Å². The smallest absolute Gasteiger partial charge is 0.254 e. The van der Waals surface area contributed by atoms with Gasteiger partial charge < -0.3 is 10.1 Å². The molecule has 1 rings (SSSR count). The first-order chi connectivity index (χ1) is 8.15. The third-order valence-electron chi connectivity index (χ3n) is 1.89. The zero-order chi connectivity index (χ0) is 12.7. The predicted molar refractivity (Wildman–Crippen MR) is 70.0 cm³/mol. The minimum Gasteiger partial charge on any atom is -0.502 e. The summed E-state index contributed by atoms with van der Waals surface area (Å²) in [5, 5.41) is 2.92. The highest BCUT2D eigenvalue weighted by atomic mass is 79.9. The van der Waals surface area contributed by atoms with Gasteiger partial charge in [0.15, 0.2) is 0 Å².